The molecular weight excluding hydrogens is 251 g/mol. The Morgan fingerprint density at radius 2 is 2.16 bits per heavy atom. The summed E-state index contributed by atoms with van der Waals surface area (Å²) in [5.41, 5.74) is 5.25. The highest BCUT2D eigenvalue weighted by Crippen LogP contribution is 2.10. The zero-order chi connectivity index (χ0) is 14.3. The highest BCUT2D eigenvalue weighted by atomic mass is 19.1. The normalized spacial score (nSPS) is 9.37. The van der Waals surface area contributed by atoms with Gasteiger partial charge < -0.3 is 16.2 Å². The minimum absolute atomic E-state index is 0.120. The lowest BCUT2D eigenvalue weighted by Crippen LogP contribution is -2.33. The number of nitrogens with one attached hydrogen (secondary N) is 1. The third-order valence-corrected chi connectivity index (χ3v) is 2.11. The molecule has 0 radical (unpaired) electrons. The minimum atomic E-state index is -0.677. The Balaban J connectivity index is 2.96. The van der Waals surface area contributed by atoms with Gasteiger partial charge in [-0.3, -0.25) is 9.59 Å². The fraction of sp³-hybridized carbons (Fsp3) is 0.231. The molecule has 0 unspecified atom stereocenters. The maximum atomic E-state index is 13.1. The van der Waals surface area contributed by atoms with Crippen molar-refractivity contribution in [3.63, 3.8) is 0 Å². The summed E-state index contributed by atoms with van der Waals surface area (Å²) in [6, 6.07) is 3.51. The van der Waals surface area contributed by atoms with Crippen LogP contribution < -0.4 is 11.1 Å². The molecule has 0 spiro atoms. The molecule has 0 bridgehead atoms. The van der Waals surface area contributed by atoms with Crippen molar-refractivity contribution in [2.24, 2.45) is 5.73 Å². The fourth-order valence-electron chi connectivity index (χ4n) is 1.29. The summed E-state index contributed by atoms with van der Waals surface area (Å²) >= 11 is 0. The van der Waals surface area contributed by atoms with E-state index in [-0.39, 0.29) is 30.7 Å². The molecule has 6 heteroatoms. The monoisotopic (exact) mass is 264 g/mol. The van der Waals surface area contributed by atoms with E-state index in [9.17, 15) is 14.0 Å². The molecule has 0 atom stereocenters. The van der Waals surface area contributed by atoms with Crippen LogP contribution in [0.2, 0.25) is 0 Å². The van der Waals surface area contributed by atoms with Gasteiger partial charge in [-0.2, -0.15) is 0 Å². The second kappa shape index (κ2) is 7.13. The average molecular weight is 264 g/mol. The zero-order valence-electron chi connectivity index (χ0n) is 10.1. The summed E-state index contributed by atoms with van der Waals surface area (Å²) in [5, 5.41) is 10.9. The number of carbonyl (C=O) groups excluding carboxylic acids is 2. The van der Waals surface area contributed by atoms with Gasteiger partial charge >= 0.3 is 0 Å². The fourth-order valence-corrected chi connectivity index (χ4v) is 1.29. The molecule has 5 nitrogen and oxygen atoms in total. The molecule has 100 valence electrons. The standard InChI is InChI=1S/C13H13FN2O3/c14-10-4-5-11(13(19)16-8-12(15)18)9(7-10)3-1-2-6-17/h4-5,7,17H,2,6,8H2,(H2,15,18)(H,16,19). The van der Waals surface area contributed by atoms with Gasteiger partial charge in [0.05, 0.1) is 18.7 Å². The van der Waals surface area contributed by atoms with E-state index in [0.717, 1.165) is 12.1 Å². The molecule has 0 heterocycles. The van der Waals surface area contributed by atoms with Crippen LogP contribution in [0, 0.1) is 17.7 Å². The first-order chi connectivity index (χ1) is 9.04. The van der Waals surface area contributed by atoms with Crippen LogP contribution in [0.4, 0.5) is 4.39 Å². The number of amides is 2. The molecule has 0 fully saturated rings. The van der Waals surface area contributed by atoms with E-state index >= 15 is 0 Å². The Kier molecular flexibility index (Phi) is 5.51. The predicted octanol–water partition coefficient (Wildman–Crippen LogP) is -0.225. The van der Waals surface area contributed by atoms with Gasteiger partial charge in [-0.15, -0.1) is 0 Å². The summed E-state index contributed by atoms with van der Waals surface area (Å²) in [7, 11) is 0. The number of aliphatic hydroxyl groups excluding tert-OH is 1. The second-order valence-electron chi connectivity index (χ2n) is 3.61. The van der Waals surface area contributed by atoms with E-state index in [1.165, 1.54) is 6.07 Å². The average Bonchev–Trinajstić information content (AvgIpc) is 2.36. The molecule has 0 saturated heterocycles. The Bertz CT molecular complexity index is 547. The van der Waals surface area contributed by atoms with Crippen LogP contribution in [-0.2, 0) is 4.79 Å². The van der Waals surface area contributed by atoms with Crippen molar-refractivity contribution < 1.29 is 19.1 Å². The van der Waals surface area contributed by atoms with E-state index in [0.29, 0.717) is 0 Å². The second-order valence-corrected chi connectivity index (χ2v) is 3.61. The molecule has 2 amide bonds. The molecule has 0 aromatic heterocycles. The Morgan fingerprint density at radius 1 is 1.42 bits per heavy atom. The van der Waals surface area contributed by atoms with Gasteiger partial charge in [0, 0.05) is 12.0 Å². The van der Waals surface area contributed by atoms with Gasteiger partial charge in [-0.05, 0) is 18.2 Å². The number of aliphatic hydroxyl groups is 1. The molecule has 19 heavy (non-hydrogen) atoms. The number of carbonyl (C=O) groups is 2. The van der Waals surface area contributed by atoms with Crippen molar-refractivity contribution in [1.29, 1.82) is 0 Å². The van der Waals surface area contributed by atoms with Crippen molar-refractivity contribution in [3.05, 3.63) is 35.1 Å². The van der Waals surface area contributed by atoms with Crippen molar-refractivity contribution in [3.8, 4) is 11.8 Å². The van der Waals surface area contributed by atoms with Crippen molar-refractivity contribution >= 4 is 11.8 Å². The van der Waals surface area contributed by atoms with Crippen LogP contribution in [0.25, 0.3) is 0 Å². The number of nitrogens with two attached hydrogens (primary N) is 1. The summed E-state index contributed by atoms with van der Waals surface area (Å²) < 4.78 is 13.1. The predicted molar refractivity (Wildman–Crippen MR) is 66.5 cm³/mol. The number of hydrogen-bond acceptors (Lipinski definition) is 3. The number of halogens is 1. The molecule has 0 aliphatic rings. The lowest BCUT2D eigenvalue weighted by Gasteiger charge is -2.05. The zero-order valence-corrected chi connectivity index (χ0v) is 10.1. The lowest BCUT2D eigenvalue weighted by molar-refractivity contribution is -0.117. The third kappa shape index (κ3) is 4.77. The molecule has 4 N–H and O–H groups in total. The third-order valence-electron chi connectivity index (χ3n) is 2.11. The summed E-state index contributed by atoms with van der Waals surface area (Å²) in [6.07, 6.45) is 0.221. The van der Waals surface area contributed by atoms with Gasteiger partial charge in [-0.1, -0.05) is 11.8 Å². The first kappa shape index (κ1) is 14.7. The smallest absolute Gasteiger partial charge is 0.252 e. The van der Waals surface area contributed by atoms with Crippen molar-refractivity contribution in [2.45, 2.75) is 6.42 Å². The van der Waals surface area contributed by atoms with E-state index < -0.39 is 17.6 Å². The van der Waals surface area contributed by atoms with Crippen LogP contribution >= 0.6 is 0 Å². The highest BCUT2D eigenvalue weighted by Gasteiger charge is 2.11. The van der Waals surface area contributed by atoms with Crippen LogP contribution in [0.15, 0.2) is 18.2 Å². The van der Waals surface area contributed by atoms with E-state index in [1.54, 1.807) is 0 Å². The van der Waals surface area contributed by atoms with Crippen LogP contribution in [0.5, 0.6) is 0 Å². The number of hydrogen-bond donors (Lipinski definition) is 3. The molecule has 1 aromatic rings. The number of primary amides is 1. The van der Waals surface area contributed by atoms with Crippen molar-refractivity contribution in [2.75, 3.05) is 13.2 Å². The molecule has 1 rings (SSSR count). The molecular formula is C13H13FN2O3. The van der Waals surface area contributed by atoms with Gasteiger partial charge in [0.15, 0.2) is 0 Å². The van der Waals surface area contributed by atoms with Crippen molar-refractivity contribution in [1.82, 2.24) is 5.32 Å². The maximum absolute atomic E-state index is 13.1. The SMILES string of the molecule is NC(=O)CNC(=O)c1ccc(F)cc1C#CCCO. The van der Waals surface area contributed by atoms with Gasteiger partial charge in [-0.25, -0.2) is 4.39 Å². The van der Waals surface area contributed by atoms with E-state index in [4.69, 9.17) is 10.8 Å². The van der Waals surface area contributed by atoms with E-state index in [2.05, 4.69) is 17.2 Å². The quantitative estimate of drug-likeness (QED) is 0.656. The molecule has 1 aromatic carbocycles. The maximum Gasteiger partial charge on any atom is 0.252 e. The summed E-state index contributed by atoms with van der Waals surface area (Å²) in [6.45, 7) is -0.425. The number of benzene rings is 1. The lowest BCUT2D eigenvalue weighted by atomic mass is 10.1. The van der Waals surface area contributed by atoms with Gasteiger partial charge in [0.1, 0.15) is 5.82 Å². The summed E-state index contributed by atoms with van der Waals surface area (Å²) in [5.74, 6) is 3.43. The van der Waals surface area contributed by atoms with Crippen LogP contribution in [0.3, 0.4) is 0 Å². The molecule has 0 saturated carbocycles. The van der Waals surface area contributed by atoms with E-state index in [1.807, 2.05) is 0 Å². The largest absolute Gasteiger partial charge is 0.395 e. The first-order valence-electron chi connectivity index (χ1n) is 5.50. The van der Waals surface area contributed by atoms with Gasteiger partial charge in [0.25, 0.3) is 5.91 Å². The summed E-state index contributed by atoms with van der Waals surface area (Å²) in [4.78, 5) is 22.3. The number of rotatable bonds is 4. The highest BCUT2D eigenvalue weighted by molar-refractivity contribution is 5.98. The molecule has 0 aliphatic heterocycles. The minimum Gasteiger partial charge on any atom is -0.395 e. The Hall–Kier alpha value is -2.39. The molecule has 0 aliphatic carbocycles. The topological polar surface area (TPSA) is 92.4 Å². The first-order valence-corrected chi connectivity index (χ1v) is 5.50. The Morgan fingerprint density at radius 3 is 2.79 bits per heavy atom. The van der Waals surface area contributed by atoms with Crippen LogP contribution in [0.1, 0.15) is 22.3 Å². The Labute approximate surface area is 109 Å². The van der Waals surface area contributed by atoms with Crippen LogP contribution in [-0.4, -0.2) is 30.1 Å². The van der Waals surface area contributed by atoms with Gasteiger partial charge in [0.2, 0.25) is 5.91 Å².